The normalized spacial score (nSPS) is 42.1. The average Bonchev–Trinajstić information content (AvgIpc) is 3.16. The fraction of sp³-hybridized carbons (Fsp3) is 0.724. The van der Waals surface area contributed by atoms with Gasteiger partial charge in [0.05, 0.1) is 11.9 Å². The minimum absolute atomic E-state index is 0.0622. The van der Waals surface area contributed by atoms with E-state index >= 15 is 0 Å². The molecule has 1 aliphatic heterocycles. The van der Waals surface area contributed by atoms with Crippen LogP contribution in [-0.2, 0) is 0 Å². The third-order valence-corrected chi connectivity index (χ3v) is 11.1. The van der Waals surface area contributed by atoms with Crippen LogP contribution in [0.2, 0.25) is 0 Å². The molecule has 2 amide bonds. The molecule has 0 unspecified atom stereocenters. The molecule has 5 aliphatic rings. The van der Waals surface area contributed by atoms with E-state index in [1.54, 1.807) is 6.26 Å². The lowest BCUT2D eigenvalue weighted by Gasteiger charge is -2.62. The van der Waals surface area contributed by atoms with E-state index < -0.39 is 5.60 Å². The Bertz CT molecular complexity index is 1090. The van der Waals surface area contributed by atoms with E-state index in [-0.39, 0.29) is 40.4 Å². The molecule has 4 fully saturated rings. The number of carbonyl (C=O) groups excluding carboxylic acids is 1. The highest BCUT2D eigenvalue weighted by Crippen LogP contribution is 2.70. The van der Waals surface area contributed by atoms with Crippen LogP contribution in [0.1, 0.15) is 76.7 Å². The highest BCUT2D eigenvalue weighted by Gasteiger charge is 2.66. The highest BCUT2D eigenvalue weighted by atomic mass is 16.4. The summed E-state index contributed by atoms with van der Waals surface area (Å²) in [4.78, 5) is 26.3. The van der Waals surface area contributed by atoms with Gasteiger partial charge < -0.3 is 25.1 Å². The smallest absolute Gasteiger partial charge is 0.335 e. The summed E-state index contributed by atoms with van der Waals surface area (Å²) in [5.74, 6) is 0.965. The predicted molar refractivity (Wildman–Crippen MR) is 138 cm³/mol. The Labute approximate surface area is 213 Å². The number of hydrogen-bond donors (Lipinski definition) is 3. The molecule has 7 nitrogen and oxygen atoms in total. The first-order valence-corrected chi connectivity index (χ1v) is 14.0. The highest BCUT2D eigenvalue weighted by molar-refractivity contribution is 5.75. The summed E-state index contributed by atoms with van der Waals surface area (Å²) in [7, 11) is 0. The Morgan fingerprint density at radius 3 is 2.64 bits per heavy atom. The number of nitrogens with one attached hydrogen (secondary N) is 2. The summed E-state index contributed by atoms with van der Waals surface area (Å²) >= 11 is 0. The van der Waals surface area contributed by atoms with Crippen LogP contribution in [0.3, 0.4) is 0 Å². The van der Waals surface area contributed by atoms with E-state index in [2.05, 4.69) is 30.6 Å². The molecule has 36 heavy (non-hydrogen) atoms. The monoisotopic (exact) mass is 495 g/mol. The fourth-order valence-electron chi connectivity index (χ4n) is 9.03. The van der Waals surface area contributed by atoms with Crippen LogP contribution in [0.5, 0.6) is 0 Å². The molecule has 1 aromatic rings. The lowest BCUT2D eigenvalue weighted by molar-refractivity contribution is -0.177. The lowest BCUT2D eigenvalue weighted by Crippen LogP contribution is -2.60. The van der Waals surface area contributed by atoms with Crippen LogP contribution in [0.4, 0.5) is 4.79 Å². The van der Waals surface area contributed by atoms with Gasteiger partial charge in [0.25, 0.3) is 0 Å². The van der Waals surface area contributed by atoms with Crippen LogP contribution in [-0.4, -0.2) is 53.9 Å². The Morgan fingerprint density at radius 1 is 1.08 bits per heavy atom. The Kier molecular flexibility index (Phi) is 5.87. The maximum atomic E-state index is 12.8. The zero-order valence-electron chi connectivity index (χ0n) is 21.7. The molecule has 7 heteroatoms. The molecule has 196 valence electrons. The first kappa shape index (κ1) is 24.2. The van der Waals surface area contributed by atoms with E-state index in [0.717, 1.165) is 83.1 Å². The van der Waals surface area contributed by atoms with E-state index in [1.807, 2.05) is 11.0 Å². The average molecular weight is 496 g/mol. The summed E-state index contributed by atoms with van der Waals surface area (Å²) < 4.78 is 5.22. The van der Waals surface area contributed by atoms with E-state index in [4.69, 9.17) is 4.42 Å². The second kappa shape index (κ2) is 8.73. The summed E-state index contributed by atoms with van der Waals surface area (Å²) in [5.41, 5.74) is 1.41. The minimum atomic E-state index is -0.696. The molecule has 7 atom stereocenters. The van der Waals surface area contributed by atoms with Crippen LogP contribution in [0.25, 0.3) is 0 Å². The van der Waals surface area contributed by atoms with Gasteiger partial charge in [-0.05, 0) is 86.2 Å². The molecule has 0 bridgehead atoms. The van der Waals surface area contributed by atoms with Crippen molar-refractivity contribution in [3.05, 3.63) is 46.0 Å². The zero-order valence-corrected chi connectivity index (χ0v) is 21.7. The number of aliphatic hydroxyl groups is 1. The van der Waals surface area contributed by atoms with Gasteiger partial charge in [-0.3, -0.25) is 0 Å². The summed E-state index contributed by atoms with van der Waals surface area (Å²) in [6, 6.07) is 3.58. The van der Waals surface area contributed by atoms with Gasteiger partial charge >= 0.3 is 11.7 Å². The first-order chi connectivity index (χ1) is 17.2. The molecule has 3 saturated carbocycles. The maximum absolute atomic E-state index is 12.8. The molecule has 3 N–H and O–H groups in total. The van der Waals surface area contributed by atoms with Crippen molar-refractivity contribution in [2.45, 2.75) is 82.8 Å². The van der Waals surface area contributed by atoms with Gasteiger partial charge in [0.2, 0.25) is 0 Å². The molecular formula is C29H41N3O4. The molecule has 0 spiro atoms. The van der Waals surface area contributed by atoms with Crippen LogP contribution in [0, 0.1) is 22.7 Å². The summed E-state index contributed by atoms with van der Waals surface area (Å²) in [6.07, 6.45) is 11.9. The van der Waals surface area contributed by atoms with E-state index in [0.29, 0.717) is 5.92 Å². The van der Waals surface area contributed by atoms with Crippen molar-refractivity contribution in [2.24, 2.45) is 22.7 Å². The number of piperazine rings is 1. The molecule has 2 heterocycles. The van der Waals surface area contributed by atoms with E-state index in [9.17, 15) is 14.7 Å². The maximum Gasteiger partial charge on any atom is 0.335 e. The largest absolute Gasteiger partial charge is 0.431 e. The second-order valence-electron chi connectivity index (χ2n) is 12.6. The Morgan fingerprint density at radius 2 is 1.89 bits per heavy atom. The molecular weight excluding hydrogens is 454 g/mol. The molecule has 0 radical (unpaired) electrons. The number of carbonyl (C=O) groups is 1. The van der Waals surface area contributed by atoms with E-state index in [1.165, 1.54) is 11.6 Å². The van der Waals surface area contributed by atoms with Gasteiger partial charge in [-0.2, -0.15) is 0 Å². The van der Waals surface area contributed by atoms with Gasteiger partial charge in [0.15, 0.2) is 0 Å². The molecule has 1 saturated heterocycles. The molecule has 4 aliphatic carbocycles. The number of hydrogen-bond acceptors (Lipinski definition) is 5. The Balaban J connectivity index is 1.21. The van der Waals surface area contributed by atoms with Crippen LogP contribution in [0.15, 0.2) is 39.3 Å². The number of allylic oxidation sites excluding steroid dienone is 1. The lowest BCUT2D eigenvalue weighted by atomic mass is 9.45. The van der Waals surface area contributed by atoms with Crippen LogP contribution >= 0.6 is 0 Å². The number of amides is 2. The quantitative estimate of drug-likeness (QED) is 0.543. The predicted octanol–water partition coefficient (Wildman–Crippen LogP) is 3.78. The van der Waals surface area contributed by atoms with Crippen molar-refractivity contribution in [1.82, 2.24) is 15.5 Å². The van der Waals surface area contributed by atoms with Gasteiger partial charge in [-0.25, -0.2) is 9.59 Å². The summed E-state index contributed by atoms with van der Waals surface area (Å²) in [5, 5.41) is 19.0. The fourth-order valence-corrected chi connectivity index (χ4v) is 9.03. The van der Waals surface area contributed by atoms with Gasteiger partial charge in [0.1, 0.15) is 0 Å². The Hall–Kier alpha value is -2.12. The third kappa shape index (κ3) is 3.60. The van der Waals surface area contributed by atoms with Crippen molar-refractivity contribution in [1.29, 1.82) is 0 Å². The molecule has 1 aromatic heterocycles. The van der Waals surface area contributed by atoms with Crippen molar-refractivity contribution < 1.29 is 14.3 Å². The van der Waals surface area contributed by atoms with Crippen molar-refractivity contribution >= 4 is 6.03 Å². The number of nitrogens with zero attached hydrogens (tertiary/aromatic N) is 1. The number of urea groups is 1. The second-order valence-corrected chi connectivity index (χ2v) is 12.6. The number of rotatable bonds is 2. The summed E-state index contributed by atoms with van der Waals surface area (Å²) in [6.45, 7) is 7.97. The van der Waals surface area contributed by atoms with Crippen molar-refractivity contribution in [3.63, 3.8) is 0 Å². The van der Waals surface area contributed by atoms with Gasteiger partial charge in [-0.15, -0.1) is 0 Å². The van der Waals surface area contributed by atoms with Crippen molar-refractivity contribution in [3.8, 4) is 0 Å². The third-order valence-electron chi connectivity index (χ3n) is 11.1. The zero-order chi connectivity index (χ0) is 25.1. The minimum Gasteiger partial charge on any atom is -0.431 e. The van der Waals surface area contributed by atoms with Gasteiger partial charge in [-0.1, -0.05) is 25.5 Å². The van der Waals surface area contributed by atoms with Crippen molar-refractivity contribution in [2.75, 3.05) is 26.2 Å². The topological polar surface area (TPSA) is 94.8 Å². The standard InChI is InChI=1S/C29H41N3O4/c1-27-10-7-21(31-26(34)32-15-13-30-14-16-32)17-20(27)4-5-24-23(27)8-11-28(2)22(9-12-29(24,28)35)19-3-6-25(33)36-18-19/h3,6,17-18,21-24,30,35H,4-5,7-16H2,1-2H3,(H,31,34)/t21-,22+,23-,24+,27-,28+,29-/m0/s1. The molecule has 6 rings (SSSR count). The molecule has 0 aromatic carbocycles. The number of fused-ring (bicyclic) bond motifs is 5. The SMILES string of the molecule is C[C@]12CC[C@H](NC(=O)N3CCNCC3)C=C1CC[C@@H]1[C@@H]2CC[C@]2(C)[C@@H](c3ccc(=O)oc3)CC[C@]12O. The first-order valence-electron chi connectivity index (χ1n) is 14.0. The van der Waals surface area contributed by atoms with Gasteiger partial charge in [0, 0.05) is 43.7 Å². The van der Waals surface area contributed by atoms with Crippen LogP contribution < -0.4 is 16.3 Å².